The van der Waals surface area contributed by atoms with Crippen molar-refractivity contribution in [1.29, 1.82) is 0 Å². The summed E-state index contributed by atoms with van der Waals surface area (Å²) in [7, 11) is 1.57. The van der Waals surface area contributed by atoms with Crippen LogP contribution in [0, 0.1) is 0 Å². The molecule has 1 aliphatic heterocycles. The van der Waals surface area contributed by atoms with Crippen LogP contribution in [0.3, 0.4) is 0 Å². The highest BCUT2D eigenvalue weighted by Gasteiger charge is 2.16. The molecule has 0 saturated carbocycles. The summed E-state index contributed by atoms with van der Waals surface area (Å²) in [4.78, 5) is 8.26. The van der Waals surface area contributed by atoms with Crippen LogP contribution in [0.1, 0.15) is 12.8 Å². The van der Waals surface area contributed by atoms with Gasteiger partial charge >= 0.3 is 6.01 Å². The maximum absolute atomic E-state index is 5.69. The van der Waals surface area contributed by atoms with Crippen LogP contribution in [-0.2, 0) is 0 Å². The lowest BCUT2D eigenvalue weighted by atomic mass is 10.1. The summed E-state index contributed by atoms with van der Waals surface area (Å²) in [6.07, 6.45) is 3.82. The molecule has 1 aromatic rings. The van der Waals surface area contributed by atoms with Crippen LogP contribution < -0.4 is 14.8 Å². The summed E-state index contributed by atoms with van der Waals surface area (Å²) in [5.41, 5.74) is 0. The standard InChI is InChI=1S/C10H14BrN3O2/c1-15-9-8(11)6-13-10(14-9)16-7-2-4-12-5-3-7/h6-7,12H,2-5H2,1H3. The number of aromatic nitrogens is 2. The molecule has 16 heavy (non-hydrogen) atoms. The predicted octanol–water partition coefficient (Wildman–Crippen LogP) is 1.38. The Morgan fingerprint density at radius 1 is 1.44 bits per heavy atom. The van der Waals surface area contributed by atoms with E-state index in [1.54, 1.807) is 13.3 Å². The van der Waals surface area contributed by atoms with Gasteiger partial charge in [-0.25, -0.2) is 4.98 Å². The highest BCUT2D eigenvalue weighted by molar-refractivity contribution is 9.10. The Morgan fingerprint density at radius 2 is 2.19 bits per heavy atom. The second kappa shape index (κ2) is 5.45. The van der Waals surface area contributed by atoms with Gasteiger partial charge in [0.1, 0.15) is 6.10 Å². The van der Waals surface area contributed by atoms with Gasteiger partial charge in [0.15, 0.2) is 0 Å². The van der Waals surface area contributed by atoms with Crippen LogP contribution in [0.15, 0.2) is 10.7 Å². The van der Waals surface area contributed by atoms with E-state index in [9.17, 15) is 0 Å². The van der Waals surface area contributed by atoms with Gasteiger partial charge in [0.25, 0.3) is 0 Å². The number of ether oxygens (including phenoxy) is 2. The first-order valence-corrected chi connectivity index (χ1v) is 6.03. The third-order valence-corrected chi connectivity index (χ3v) is 2.99. The lowest BCUT2D eigenvalue weighted by Gasteiger charge is -2.22. The normalized spacial score (nSPS) is 17.1. The predicted molar refractivity (Wildman–Crippen MR) is 62.8 cm³/mol. The summed E-state index contributed by atoms with van der Waals surface area (Å²) in [6, 6.07) is 0.381. The van der Waals surface area contributed by atoms with Crippen LogP contribution in [-0.4, -0.2) is 36.3 Å². The minimum absolute atomic E-state index is 0.201. The summed E-state index contributed by atoms with van der Waals surface area (Å²) < 4.78 is 11.5. The average molecular weight is 288 g/mol. The number of methoxy groups -OCH3 is 1. The first kappa shape index (κ1) is 11.6. The van der Waals surface area contributed by atoms with Crippen molar-refractivity contribution in [1.82, 2.24) is 15.3 Å². The van der Waals surface area contributed by atoms with E-state index in [0.717, 1.165) is 30.4 Å². The molecule has 0 spiro atoms. The highest BCUT2D eigenvalue weighted by Crippen LogP contribution is 2.23. The summed E-state index contributed by atoms with van der Waals surface area (Å²) in [5.74, 6) is 0.499. The molecule has 1 N–H and O–H groups in total. The summed E-state index contributed by atoms with van der Waals surface area (Å²) >= 11 is 3.30. The van der Waals surface area contributed by atoms with Gasteiger partial charge in [-0.1, -0.05) is 0 Å². The molecule has 6 heteroatoms. The van der Waals surface area contributed by atoms with E-state index in [4.69, 9.17) is 9.47 Å². The minimum Gasteiger partial charge on any atom is -0.480 e. The molecule has 5 nitrogen and oxygen atoms in total. The fraction of sp³-hybridized carbons (Fsp3) is 0.600. The van der Waals surface area contributed by atoms with Crippen molar-refractivity contribution in [3.63, 3.8) is 0 Å². The molecule has 0 bridgehead atoms. The molecule has 0 atom stereocenters. The number of nitrogens with one attached hydrogen (secondary N) is 1. The number of nitrogens with zero attached hydrogens (tertiary/aromatic N) is 2. The third kappa shape index (κ3) is 2.82. The number of hydrogen-bond donors (Lipinski definition) is 1. The molecule has 0 aromatic carbocycles. The molecule has 0 unspecified atom stereocenters. The van der Waals surface area contributed by atoms with Gasteiger partial charge in [0.2, 0.25) is 5.88 Å². The summed E-state index contributed by atoms with van der Waals surface area (Å²) in [5, 5.41) is 3.28. The Labute approximate surface area is 103 Å². The average Bonchev–Trinajstić information content (AvgIpc) is 2.33. The van der Waals surface area contributed by atoms with Crippen LogP contribution >= 0.6 is 15.9 Å². The van der Waals surface area contributed by atoms with Gasteiger partial charge in [-0.15, -0.1) is 0 Å². The second-order valence-corrected chi connectivity index (χ2v) is 4.43. The van der Waals surface area contributed by atoms with Gasteiger partial charge in [-0.2, -0.15) is 4.98 Å². The Hall–Kier alpha value is -0.880. The summed E-state index contributed by atoms with van der Waals surface area (Å²) in [6.45, 7) is 1.97. The molecule has 0 aliphatic carbocycles. The fourth-order valence-corrected chi connectivity index (χ4v) is 1.95. The van der Waals surface area contributed by atoms with Gasteiger partial charge in [0.05, 0.1) is 17.8 Å². The molecule has 2 heterocycles. The molecule has 1 aliphatic rings. The van der Waals surface area contributed by atoms with Crippen LogP contribution in [0.4, 0.5) is 0 Å². The maximum atomic E-state index is 5.69. The van der Waals surface area contributed by atoms with Crippen LogP contribution in [0.2, 0.25) is 0 Å². The number of halogens is 1. The molecule has 1 saturated heterocycles. The minimum atomic E-state index is 0.201. The van der Waals surface area contributed by atoms with Gasteiger partial charge in [-0.05, 0) is 41.9 Å². The van der Waals surface area contributed by atoms with Crippen LogP contribution in [0.5, 0.6) is 11.9 Å². The van der Waals surface area contributed by atoms with Crippen molar-refractivity contribution in [3.8, 4) is 11.9 Å². The van der Waals surface area contributed by atoms with Crippen molar-refractivity contribution >= 4 is 15.9 Å². The topological polar surface area (TPSA) is 56.3 Å². The van der Waals surface area contributed by atoms with Gasteiger partial charge < -0.3 is 14.8 Å². The van der Waals surface area contributed by atoms with Crippen molar-refractivity contribution in [2.75, 3.05) is 20.2 Å². The maximum Gasteiger partial charge on any atom is 0.320 e. The first-order chi connectivity index (χ1) is 7.79. The molecular formula is C10H14BrN3O2. The molecule has 1 fully saturated rings. The Morgan fingerprint density at radius 3 is 2.88 bits per heavy atom. The molecule has 0 amide bonds. The van der Waals surface area contributed by atoms with E-state index in [2.05, 4.69) is 31.2 Å². The van der Waals surface area contributed by atoms with Crippen molar-refractivity contribution in [2.45, 2.75) is 18.9 Å². The zero-order chi connectivity index (χ0) is 11.4. The second-order valence-electron chi connectivity index (χ2n) is 3.58. The zero-order valence-electron chi connectivity index (χ0n) is 9.07. The number of piperidine rings is 1. The quantitative estimate of drug-likeness (QED) is 0.910. The fourth-order valence-electron chi connectivity index (χ4n) is 1.60. The van der Waals surface area contributed by atoms with Crippen molar-refractivity contribution < 1.29 is 9.47 Å². The first-order valence-electron chi connectivity index (χ1n) is 5.23. The van der Waals surface area contributed by atoms with E-state index >= 15 is 0 Å². The number of rotatable bonds is 3. The third-order valence-electron chi connectivity index (χ3n) is 2.44. The molecule has 2 rings (SSSR count). The van der Waals surface area contributed by atoms with Crippen LogP contribution in [0.25, 0.3) is 0 Å². The van der Waals surface area contributed by atoms with E-state index in [0.29, 0.717) is 11.9 Å². The smallest absolute Gasteiger partial charge is 0.320 e. The lowest BCUT2D eigenvalue weighted by Crippen LogP contribution is -2.34. The lowest BCUT2D eigenvalue weighted by molar-refractivity contribution is 0.147. The molecule has 88 valence electrons. The zero-order valence-corrected chi connectivity index (χ0v) is 10.7. The largest absolute Gasteiger partial charge is 0.480 e. The van der Waals surface area contributed by atoms with Gasteiger partial charge in [0, 0.05) is 0 Å². The van der Waals surface area contributed by atoms with E-state index < -0.39 is 0 Å². The Kier molecular flexibility index (Phi) is 3.95. The van der Waals surface area contributed by atoms with Crippen molar-refractivity contribution in [2.24, 2.45) is 0 Å². The molecule has 1 aromatic heterocycles. The molecule has 0 radical (unpaired) electrons. The SMILES string of the molecule is COc1nc(OC2CCNCC2)ncc1Br. The Balaban J connectivity index is 2.03. The highest BCUT2D eigenvalue weighted by atomic mass is 79.9. The van der Waals surface area contributed by atoms with Gasteiger partial charge in [-0.3, -0.25) is 0 Å². The van der Waals surface area contributed by atoms with E-state index in [1.165, 1.54) is 0 Å². The monoisotopic (exact) mass is 287 g/mol. The van der Waals surface area contributed by atoms with Crippen molar-refractivity contribution in [3.05, 3.63) is 10.7 Å². The Bertz CT molecular complexity index is 356. The van der Waals surface area contributed by atoms with E-state index in [-0.39, 0.29) is 6.10 Å². The number of hydrogen-bond acceptors (Lipinski definition) is 5. The van der Waals surface area contributed by atoms with E-state index in [1.807, 2.05) is 0 Å². The molecular weight excluding hydrogens is 274 g/mol.